The fraction of sp³-hybridized carbons (Fsp3) is 0.300. The van der Waals surface area contributed by atoms with Gasteiger partial charge in [0.25, 0.3) is 0 Å². The summed E-state index contributed by atoms with van der Waals surface area (Å²) in [7, 11) is 0. The van der Waals surface area contributed by atoms with Crippen molar-refractivity contribution in [1.82, 2.24) is 4.98 Å². The molecule has 12 heavy (non-hydrogen) atoms. The van der Waals surface area contributed by atoms with Gasteiger partial charge in [-0.3, -0.25) is 4.98 Å². The quantitative estimate of drug-likeness (QED) is 0.650. The van der Waals surface area contributed by atoms with Gasteiger partial charge in [0.2, 0.25) is 0 Å². The van der Waals surface area contributed by atoms with Gasteiger partial charge >= 0.3 is 0 Å². The normalized spacial score (nSPS) is 11.2. The van der Waals surface area contributed by atoms with Crippen LogP contribution in [0.2, 0.25) is 0 Å². The molecule has 0 aliphatic rings. The topological polar surface area (TPSA) is 12.9 Å². The summed E-state index contributed by atoms with van der Waals surface area (Å²) in [6.45, 7) is 4.44. The van der Waals surface area contributed by atoms with Crippen molar-refractivity contribution >= 4 is 21.4 Å². The van der Waals surface area contributed by atoms with Gasteiger partial charge in [-0.2, -0.15) is 0 Å². The molecule has 2 aromatic rings. The highest BCUT2D eigenvalue weighted by Crippen LogP contribution is 2.29. The molecule has 0 fully saturated rings. The molecule has 0 unspecified atom stereocenters. The van der Waals surface area contributed by atoms with E-state index < -0.39 is 0 Å². The van der Waals surface area contributed by atoms with Crippen molar-refractivity contribution in [3.05, 3.63) is 29.4 Å². The van der Waals surface area contributed by atoms with Gasteiger partial charge < -0.3 is 0 Å². The van der Waals surface area contributed by atoms with Gasteiger partial charge in [0.05, 0.1) is 4.70 Å². The van der Waals surface area contributed by atoms with Crippen molar-refractivity contribution < 1.29 is 0 Å². The van der Waals surface area contributed by atoms with Gasteiger partial charge in [0.15, 0.2) is 0 Å². The van der Waals surface area contributed by atoms with E-state index in [1.807, 2.05) is 23.7 Å². The maximum absolute atomic E-state index is 4.10. The largest absolute Gasteiger partial charge is 0.263 e. The molecule has 2 heteroatoms. The van der Waals surface area contributed by atoms with Crippen molar-refractivity contribution in [3.63, 3.8) is 0 Å². The molecular weight excluding hydrogens is 166 g/mol. The number of aromatic nitrogens is 1. The summed E-state index contributed by atoms with van der Waals surface area (Å²) in [5, 5.41) is 1.32. The smallest absolute Gasteiger partial charge is 0.0529 e. The lowest BCUT2D eigenvalue weighted by molar-refractivity contribution is 0.890. The molecule has 0 amide bonds. The summed E-state index contributed by atoms with van der Waals surface area (Å²) in [5.41, 5.74) is 0. The molecule has 0 spiro atoms. The second-order valence-electron chi connectivity index (χ2n) is 3.22. The van der Waals surface area contributed by atoms with Crippen molar-refractivity contribution in [2.45, 2.75) is 19.8 Å². The molecular formula is C10H11NS. The van der Waals surface area contributed by atoms with Gasteiger partial charge in [0.1, 0.15) is 0 Å². The molecule has 0 aromatic carbocycles. The highest BCUT2D eigenvalue weighted by atomic mass is 32.1. The minimum atomic E-state index is 0.627. The van der Waals surface area contributed by atoms with E-state index in [1.54, 1.807) is 0 Å². The Kier molecular flexibility index (Phi) is 1.85. The monoisotopic (exact) mass is 177 g/mol. The van der Waals surface area contributed by atoms with Crippen molar-refractivity contribution in [1.29, 1.82) is 0 Å². The number of thiophene rings is 1. The molecule has 2 aromatic heterocycles. The van der Waals surface area contributed by atoms with Gasteiger partial charge in [-0.1, -0.05) is 13.8 Å². The average Bonchev–Trinajstić information content (AvgIpc) is 2.46. The maximum atomic E-state index is 4.10. The van der Waals surface area contributed by atoms with Crippen LogP contribution in [0.15, 0.2) is 24.5 Å². The fourth-order valence-electron chi connectivity index (χ4n) is 1.19. The van der Waals surface area contributed by atoms with E-state index in [1.165, 1.54) is 15.0 Å². The number of hydrogen-bond donors (Lipinski definition) is 0. The van der Waals surface area contributed by atoms with E-state index in [2.05, 4.69) is 31.0 Å². The third-order valence-corrected chi connectivity index (χ3v) is 3.30. The van der Waals surface area contributed by atoms with Crippen molar-refractivity contribution in [2.75, 3.05) is 0 Å². The minimum Gasteiger partial charge on any atom is -0.263 e. The zero-order chi connectivity index (χ0) is 8.55. The van der Waals surface area contributed by atoms with Crippen LogP contribution in [-0.4, -0.2) is 4.98 Å². The first-order chi connectivity index (χ1) is 5.77. The summed E-state index contributed by atoms with van der Waals surface area (Å²) in [6, 6.07) is 4.32. The maximum Gasteiger partial charge on any atom is 0.0529 e. The number of hydrogen-bond acceptors (Lipinski definition) is 2. The first kappa shape index (κ1) is 7.74. The summed E-state index contributed by atoms with van der Waals surface area (Å²) in [4.78, 5) is 5.54. The van der Waals surface area contributed by atoms with Gasteiger partial charge in [-0.05, 0) is 23.4 Å². The predicted octanol–water partition coefficient (Wildman–Crippen LogP) is 3.42. The second-order valence-corrected chi connectivity index (χ2v) is 4.33. The summed E-state index contributed by atoms with van der Waals surface area (Å²) in [5.74, 6) is 0.627. The predicted molar refractivity (Wildman–Crippen MR) is 53.7 cm³/mol. The highest BCUT2D eigenvalue weighted by molar-refractivity contribution is 7.19. The van der Waals surface area contributed by atoms with Crippen LogP contribution < -0.4 is 0 Å². The van der Waals surface area contributed by atoms with Crippen LogP contribution in [0, 0.1) is 0 Å². The summed E-state index contributed by atoms with van der Waals surface area (Å²) < 4.78 is 1.29. The molecule has 0 saturated heterocycles. The van der Waals surface area contributed by atoms with E-state index in [4.69, 9.17) is 0 Å². The molecule has 0 atom stereocenters. The third-order valence-electron chi connectivity index (χ3n) is 1.91. The second kappa shape index (κ2) is 2.87. The van der Waals surface area contributed by atoms with E-state index in [9.17, 15) is 0 Å². The summed E-state index contributed by atoms with van der Waals surface area (Å²) >= 11 is 1.84. The molecule has 0 aliphatic carbocycles. The zero-order valence-electron chi connectivity index (χ0n) is 7.24. The fourth-order valence-corrected chi connectivity index (χ4v) is 2.22. The SMILES string of the molecule is CC(C)c1cc2ccncc2s1. The minimum absolute atomic E-state index is 0.627. The van der Waals surface area contributed by atoms with E-state index >= 15 is 0 Å². The van der Waals surface area contributed by atoms with Crippen molar-refractivity contribution in [3.8, 4) is 0 Å². The number of rotatable bonds is 1. The Morgan fingerprint density at radius 1 is 1.42 bits per heavy atom. The Hall–Kier alpha value is -0.890. The molecule has 1 nitrogen and oxygen atoms in total. The van der Waals surface area contributed by atoms with Crippen LogP contribution >= 0.6 is 11.3 Å². The molecule has 0 saturated carbocycles. The number of fused-ring (bicyclic) bond motifs is 1. The van der Waals surface area contributed by atoms with Crippen LogP contribution in [0.3, 0.4) is 0 Å². The first-order valence-corrected chi connectivity index (χ1v) is 4.92. The summed E-state index contributed by atoms with van der Waals surface area (Å²) in [6.07, 6.45) is 3.78. The number of nitrogens with zero attached hydrogens (tertiary/aromatic N) is 1. The van der Waals surface area contributed by atoms with E-state index in [0.29, 0.717) is 5.92 Å². The van der Waals surface area contributed by atoms with Crippen LogP contribution in [0.25, 0.3) is 10.1 Å². The Morgan fingerprint density at radius 2 is 2.25 bits per heavy atom. The standard InChI is InChI=1S/C10H11NS/c1-7(2)9-5-8-3-4-11-6-10(8)12-9/h3-7H,1-2H3. The molecule has 0 N–H and O–H groups in total. The van der Waals surface area contributed by atoms with Crippen LogP contribution in [0.5, 0.6) is 0 Å². The number of pyridine rings is 1. The lowest BCUT2D eigenvalue weighted by atomic mass is 10.1. The third kappa shape index (κ3) is 1.23. The molecule has 0 bridgehead atoms. The Balaban J connectivity index is 2.62. The van der Waals surface area contributed by atoms with Crippen molar-refractivity contribution in [2.24, 2.45) is 0 Å². The Bertz CT molecular complexity index is 356. The van der Waals surface area contributed by atoms with Crippen LogP contribution in [0.1, 0.15) is 24.6 Å². The van der Waals surface area contributed by atoms with Gasteiger partial charge in [0, 0.05) is 17.3 Å². The van der Waals surface area contributed by atoms with Gasteiger partial charge in [-0.25, -0.2) is 0 Å². The highest BCUT2D eigenvalue weighted by Gasteiger charge is 2.03. The van der Waals surface area contributed by atoms with Gasteiger partial charge in [-0.15, -0.1) is 11.3 Å². The first-order valence-electron chi connectivity index (χ1n) is 4.11. The Morgan fingerprint density at radius 3 is 2.92 bits per heavy atom. The van der Waals surface area contributed by atoms with Crippen LogP contribution in [0.4, 0.5) is 0 Å². The van der Waals surface area contributed by atoms with E-state index in [0.717, 1.165) is 0 Å². The molecule has 0 radical (unpaired) electrons. The zero-order valence-corrected chi connectivity index (χ0v) is 8.06. The van der Waals surface area contributed by atoms with Crippen LogP contribution in [-0.2, 0) is 0 Å². The van der Waals surface area contributed by atoms with E-state index in [-0.39, 0.29) is 0 Å². The molecule has 0 aliphatic heterocycles. The molecule has 2 heterocycles. The lowest BCUT2D eigenvalue weighted by Crippen LogP contribution is -1.77. The molecule has 62 valence electrons. The lowest BCUT2D eigenvalue weighted by Gasteiger charge is -1.95. The Labute approximate surface area is 76.1 Å². The molecule has 2 rings (SSSR count). The average molecular weight is 177 g/mol.